The standard InChI is InChI=1S/C7H12OSi/c1-9(2,3)7-5-4-6-8/h6H,7H2,1-3H3. The topological polar surface area (TPSA) is 17.1 Å². The summed E-state index contributed by atoms with van der Waals surface area (Å²) in [7, 11) is -1.03. The number of hydrogen-bond donors (Lipinski definition) is 0. The second kappa shape index (κ2) is 3.47. The highest BCUT2D eigenvalue weighted by Gasteiger charge is 2.09. The van der Waals surface area contributed by atoms with E-state index in [0.29, 0.717) is 6.29 Å². The lowest BCUT2D eigenvalue weighted by Gasteiger charge is -2.08. The Balaban J connectivity index is 3.62. The van der Waals surface area contributed by atoms with E-state index in [2.05, 4.69) is 31.5 Å². The Labute approximate surface area is 57.5 Å². The lowest BCUT2D eigenvalue weighted by Crippen LogP contribution is -2.17. The molecular formula is C7H12OSi. The molecule has 0 rings (SSSR count). The molecule has 2 heteroatoms. The Morgan fingerprint density at radius 1 is 1.44 bits per heavy atom. The Kier molecular flexibility index (Phi) is 3.26. The molecule has 1 nitrogen and oxygen atoms in total. The molecule has 0 aromatic carbocycles. The van der Waals surface area contributed by atoms with Crippen LogP contribution in [0.25, 0.3) is 0 Å². The second-order valence-corrected chi connectivity index (χ2v) is 8.65. The number of carbonyl (C=O) groups is 1. The molecular weight excluding hydrogens is 128 g/mol. The Bertz CT molecular complexity index is 145. The monoisotopic (exact) mass is 140 g/mol. The summed E-state index contributed by atoms with van der Waals surface area (Å²) in [6.07, 6.45) is 0.653. The lowest BCUT2D eigenvalue weighted by molar-refractivity contribution is -0.103. The number of aldehydes is 1. The van der Waals surface area contributed by atoms with E-state index in [1.807, 2.05) is 0 Å². The zero-order valence-electron chi connectivity index (χ0n) is 6.19. The molecule has 0 amide bonds. The van der Waals surface area contributed by atoms with E-state index in [-0.39, 0.29) is 0 Å². The van der Waals surface area contributed by atoms with E-state index >= 15 is 0 Å². The van der Waals surface area contributed by atoms with Gasteiger partial charge in [-0.25, -0.2) is 0 Å². The van der Waals surface area contributed by atoms with Gasteiger partial charge in [0, 0.05) is 6.04 Å². The quantitative estimate of drug-likeness (QED) is 0.307. The third-order valence-corrected chi connectivity index (χ3v) is 2.02. The van der Waals surface area contributed by atoms with Crippen molar-refractivity contribution in [1.82, 2.24) is 0 Å². The van der Waals surface area contributed by atoms with Gasteiger partial charge in [0.2, 0.25) is 0 Å². The van der Waals surface area contributed by atoms with Gasteiger partial charge in [-0.15, -0.1) is 0 Å². The summed E-state index contributed by atoms with van der Waals surface area (Å²) in [5.41, 5.74) is 0. The summed E-state index contributed by atoms with van der Waals surface area (Å²) >= 11 is 0. The molecule has 0 aliphatic carbocycles. The van der Waals surface area contributed by atoms with E-state index in [4.69, 9.17) is 0 Å². The van der Waals surface area contributed by atoms with E-state index in [1.54, 1.807) is 0 Å². The normalized spacial score (nSPS) is 9.67. The lowest BCUT2D eigenvalue weighted by atomic mass is 10.7. The molecule has 0 spiro atoms. The van der Waals surface area contributed by atoms with Gasteiger partial charge in [-0.2, -0.15) is 0 Å². The van der Waals surface area contributed by atoms with Crippen molar-refractivity contribution in [3.63, 3.8) is 0 Å². The van der Waals surface area contributed by atoms with Crippen molar-refractivity contribution >= 4 is 14.4 Å². The van der Waals surface area contributed by atoms with Crippen molar-refractivity contribution < 1.29 is 4.79 Å². The summed E-state index contributed by atoms with van der Waals surface area (Å²) in [5, 5.41) is 0. The first kappa shape index (κ1) is 8.45. The average molecular weight is 140 g/mol. The first-order chi connectivity index (χ1) is 4.06. The highest BCUT2D eigenvalue weighted by molar-refractivity contribution is 6.76. The van der Waals surface area contributed by atoms with Gasteiger partial charge in [-0.1, -0.05) is 25.6 Å². The van der Waals surface area contributed by atoms with Crippen LogP contribution in [0.5, 0.6) is 0 Å². The molecule has 0 aromatic rings. The van der Waals surface area contributed by atoms with E-state index < -0.39 is 8.07 Å². The van der Waals surface area contributed by atoms with Crippen LogP contribution in [-0.4, -0.2) is 14.4 Å². The van der Waals surface area contributed by atoms with Crippen LogP contribution in [0.2, 0.25) is 25.7 Å². The van der Waals surface area contributed by atoms with Crippen LogP contribution in [0, 0.1) is 11.8 Å². The molecule has 0 aliphatic heterocycles. The Morgan fingerprint density at radius 2 is 2.00 bits per heavy atom. The van der Waals surface area contributed by atoms with Crippen molar-refractivity contribution in [2.45, 2.75) is 25.7 Å². The predicted octanol–water partition coefficient (Wildman–Crippen LogP) is 1.53. The molecule has 0 fully saturated rings. The molecule has 0 radical (unpaired) electrons. The van der Waals surface area contributed by atoms with E-state index in [1.165, 1.54) is 0 Å². The molecule has 0 saturated carbocycles. The minimum absolute atomic E-state index is 0.653. The largest absolute Gasteiger partial charge is 0.289 e. The van der Waals surface area contributed by atoms with Crippen LogP contribution >= 0.6 is 0 Å². The molecule has 9 heavy (non-hydrogen) atoms. The summed E-state index contributed by atoms with van der Waals surface area (Å²) in [6.45, 7) is 6.69. The first-order valence-electron chi connectivity index (χ1n) is 2.98. The fourth-order valence-electron chi connectivity index (χ4n) is 0.358. The molecule has 0 atom stereocenters. The Hall–Kier alpha value is -0.553. The third kappa shape index (κ3) is 7.45. The molecule has 0 aromatic heterocycles. The van der Waals surface area contributed by atoms with Gasteiger partial charge in [0.05, 0.1) is 8.07 Å². The van der Waals surface area contributed by atoms with Crippen molar-refractivity contribution in [2.75, 3.05) is 0 Å². The molecule has 0 unspecified atom stereocenters. The minimum atomic E-state index is -1.03. The summed E-state index contributed by atoms with van der Waals surface area (Å²) in [5.74, 6) is 5.23. The maximum Gasteiger partial charge on any atom is 0.192 e. The molecule has 50 valence electrons. The minimum Gasteiger partial charge on any atom is -0.289 e. The van der Waals surface area contributed by atoms with Gasteiger partial charge in [0.25, 0.3) is 0 Å². The summed E-state index contributed by atoms with van der Waals surface area (Å²) < 4.78 is 0. The van der Waals surface area contributed by atoms with Crippen LogP contribution in [0.1, 0.15) is 0 Å². The highest BCUT2D eigenvalue weighted by Crippen LogP contribution is 2.05. The van der Waals surface area contributed by atoms with Crippen molar-refractivity contribution in [3.05, 3.63) is 0 Å². The maximum atomic E-state index is 9.73. The zero-order valence-corrected chi connectivity index (χ0v) is 7.19. The maximum absolute atomic E-state index is 9.73. The predicted molar refractivity (Wildman–Crippen MR) is 42.0 cm³/mol. The van der Waals surface area contributed by atoms with Crippen LogP contribution in [0.3, 0.4) is 0 Å². The van der Waals surface area contributed by atoms with Crippen LogP contribution in [-0.2, 0) is 4.79 Å². The molecule has 0 heterocycles. The van der Waals surface area contributed by atoms with Gasteiger partial charge >= 0.3 is 0 Å². The average Bonchev–Trinajstić information content (AvgIpc) is 1.63. The molecule has 0 saturated heterocycles. The fraction of sp³-hybridized carbons (Fsp3) is 0.571. The van der Waals surface area contributed by atoms with Crippen LogP contribution < -0.4 is 0 Å². The van der Waals surface area contributed by atoms with Crippen LogP contribution in [0.4, 0.5) is 0 Å². The zero-order chi connectivity index (χ0) is 7.33. The van der Waals surface area contributed by atoms with Gasteiger partial charge in [-0.3, -0.25) is 4.79 Å². The molecule has 0 bridgehead atoms. The first-order valence-corrected chi connectivity index (χ1v) is 6.69. The Morgan fingerprint density at radius 3 is 2.33 bits per heavy atom. The third-order valence-electron chi connectivity index (χ3n) is 0.780. The molecule has 0 N–H and O–H groups in total. The smallest absolute Gasteiger partial charge is 0.192 e. The van der Waals surface area contributed by atoms with Gasteiger partial charge in [0.15, 0.2) is 6.29 Å². The number of rotatable bonds is 1. The SMILES string of the molecule is C[Si](C)(C)CC#CC=O. The van der Waals surface area contributed by atoms with Crippen molar-refractivity contribution in [2.24, 2.45) is 0 Å². The second-order valence-electron chi connectivity index (χ2n) is 3.18. The molecule has 0 aliphatic rings. The van der Waals surface area contributed by atoms with Crippen molar-refractivity contribution in [3.8, 4) is 11.8 Å². The van der Waals surface area contributed by atoms with Gasteiger partial charge < -0.3 is 0 Å². The summed E-state index contributed by atoms with van der Waals surface area (Å²) in [6, 6.07) is 0.922. The van der Waals surface area contributed by atoms with E-state index in [9.17, 15) is 4.79 Å². The van der Waals surface area contributed by atoms with Crippen LogP contribution in [0.15, 0.2) is 0 Å². The van der Waals surface area contributed by atoms with E-state index in [0.717, 1.165) is 6.04 Å². The van der Waals surface area contributed by atoms with Crippen molar-refractivity contribution in [1.29, 1.82) is 0 Å². The highest BCUT2D eigenvalue weighted by atomic mass is 28.3. The van der Waals surface area contributed by atoms with Gasteiger partial charge in [-0.05, 0) is 5.92 Å². The summed E-state index contributed by atoms with van der Waals surface area (Å²) in [4.78, 5) is 9.73. The van der Waals surface area contributed by atoms with Gasteiger partial charge in [0.1, 0.15) is 0 Å². The number of carbonyl (C=O) groups excluding carboxylic acids is 1. The fourth-order valence-corrected chi connectivity index (χ4v) is 0.990. The number of hydrogen-bond acceptors (Lipinski definition) is 1.